The quantitative estimate of drug-likeness (QED) is 0.00785. The third-order valence-electron chi connectivity index (χ3n) is 14.0. The van der Waals surface area contributed by atoms with E-state index in [2.05, 4.69) is 10.1 Å². The number of amides is 7. The second-order valence-corrected chi connectivity index (χ2v) is 21.3. The summed E-state index contributed by atoms with van der Waals surface area (Å²) in [7, 11) is 0. The molecule has 0 aromatic heterocycles. The number of carbonyl (C=O) groups is 10. The van der Waals surface area contributed by atoms with Gasteiger partial charge in [-0.2, -0.15) is 0 Å². The lowest BCUT2D eigenvalue weighted by Gasteiger charge is -2.23. The number of carboxylic acid groups (broad SMARTS) is 1. The van der Waals surface area contributed by atoms with Gasteiger partial charge in [-0.1, -0.05) is 123 Å². The first-order valence-corrected chi connectivity index (χ1v) is 33.1. The molecule has 4 aliphatic heterocycles. The number of nitrogens with zero attached hydrogens (tertiary/aromatic N) is 5. The Morgan fingerprint density at radius 1 is 0.519 bits per heavy atom. The highest BCUT2D eigenvalue weighted by Gasteiger charge is 2.44. The van der Waals surface area contributed by atoms with Gasteiger partial charge in [-0.3, -0.25) is 59.6 Å². The molecule has 8 aromatic rings. The fraction of sp³-hybridized carbons (Fsp3) is 0.190. The first kappa shape index (κ1) is 86.6. The molecule has 1 atom stereocenters. The minimum Gasteiger partial charge on any atom is -0.492 e. The minimum absolute atomic E-state index is 0. The number of hydrogen-bond donors (Lipinski definition) is 6. The Morgan fingerprint density at radius 2 is 0.907 bits per heavy atom. The van der Waals surface area contributed by atoms with Crippen LogP contribution in [0.5, 0.6) is 28.7 Å². The molecular formula is C79H84N8O21. The molecule has 108 heavy (non-hydrogen) atoms. The van der Waals surface area contributed by atoms with Crippen molar-refractivity contribution in [2.75, 3.05) is 69.3 Å². The van der Waals surface area contributed by atoms with E-state index in [1.807, 2.05) is 94.7 Å². The molecule has 7 amide bonds. The molecule has 0 aliphatic carbocycles. The van der Waals surface area contributed by atoms with Crippen LogP contribution in [0.4, 0.5) is 45.5 Å². The van der Waals surface area contributed by atoms with E-state index >= 15 is 0 Å². The number of benzene rings is 8. The van der Waals surface area contributed by atoms with E-state index in [1.165, 1.54) is 29.2 Å². The van der Waals surface area contributed by atoms with E-state index in [0.717, 1.165) is 44.9 Å². The SMILES string of the molecule is C.CCOc1ccccc1N.CCOc1ccccc1N1C(=O)C=CC1=O.CCOc1ccccc1N1C(=O)CC(N(O)c2ccccc2)C1=O.CCOc1ccccc1N1C(=O)CCC1=O.CCOc1ccccc1NC(=O)/C=C\C(=O)O.O=C1C=CC(=O)O1.O=[N+]([O-])c1ccccc1.ONc1ccccc1. The second-order valence-electron chi connectivity index (χ2n) is 21.3. The number of para-hydroxylation sites is 13. The standard InChI is InChI=1S/C18H18N2O4.C12H13NO4.C12H13NO3.C12H11NO3.C8H11NO.C6H5NO2.C6H7NO.C4H2O3.CH4/c1-2-24-16-11-7-6-10-14(16)19-17(21)12-15(18(19)22)20(23)13-8-4-3-5-9-13;1-2-17-10-6-4-3-5-9(10)13-11(14)7-8-12(15)16;2*1-2-16-10-6-4-3-5-9(10)13-11(14)7-8-12(13)15;1-2-10-8-6-4-3-5-7(8)9;8-7(9)6-4-2-1-3-5-6;8-7-6-4-2-1-3-5-6;5-3-1-2-4(6)7-3;/h3-11,15,23H,2,12H2,1H3;3-8H,2H2,1H3,(H,13,14)(H,15,16);3-6H,2,7-8H2,1H3;3-8H,2H2,1H3;3-6H,2,9H2,1H3;1-5H;1-5,7-8H;1-2H;1H4/b;8-7-;;;;;;;. The Bertz CT molecular complexity index is 4290. The number of nitro groups is 1. The van der Waals surface area contributed by atoms with Crippen LogP contribution < -0.4 is 60.0 Å². The van der Waals surface area contributed by atoms with Crippen molar-refractivity contribution in [3.8, 4) is 28.7 Å². The molecule has 29 heteroatoms. The van der Waals surface area contributed by atoms with E-state index in [4.69, 9.17) is 39.7 Å². The molecule has 0 radical (unpaired) electrons. The fourth-order valence-corrected chi connectivity index (χ4v) is 9.37. The van der Waals surface area contributed by atoms with Gasteiger partial charge in [0.2, 0.25) is 23.6 Å². The minimum atomic E-state index is -1.17. The summed E-state index contributed by atoms with van der Waals surface area (Å²) in [6.07, 6.45) is 6.90. The number of nitrogens with two attached hydrogens (primary N) is 1. The van der Waals surface area contributed by atoms with Crippen molar-refractivity contribution in [2.24, 2.45) is 0 Å². The van der Waals surface area contributed by atoms with Gasteiger partial charge in [0.25, 0.3) is 23.4 Å². The Balaban J connectivity index is 0.000000268. The Morgan fingerprint density at radius 3 is 1.32 bits per heavy atom. The Kier molecular flexibility index (Phi) is 37.5. The average Bonchev–Trinajstić information content (AvgIpc) is 1.64. The summed E-state index contributed by atoms with van der Waals surface area (Å²) in [6, 6.07) is 60.2. The summed E-state index contributed by atoms with van der Waals surface area (Å²) < 4.78 is 30.8. The molecule has 2 fully saturated rings. The number of carboxylic acids is 1. The van der Waals surface area contributed by atoms with Crippen molar-refractivity contribution in [3.05, 3.63) is 259 Å². The molecule has 29 nitrogen and oxygen atoms in total. The van der Waals surface area contributed by atoms with Crippen molar-refractivity contribution >= 4 is 105 Å². The van der Waals surface area contributed by atoms with Gasteiger partial charge in [0.05, 0.1) is 84.2 Å². The Labute approximate surface area is 623 Å². The van der Waals surface area contributed by atoms with E-state index in [1.54, 1.807) is 146 Å². The smallest absolute Gasteiger partial charge is 0.338 e. The molecule has 8 aromatic carbocycles. The number of non-ortho nitro benzene ring substituents is 1. The van der Waals surface area contributed by atoms with Crippen LogP contribution >= 0.6 is 0 Å². The summed E-state index contributed by atoms with van der Waals surface area (Å²) in [4.78, 5) is 126. The van der Waals surface area contributed by atoms with Crippen LogP contribution in [-0.2, 0) is 52.7 Å². The third kappa shape index (κ3) is 27.8. The number of ether oxygens (including phenoxy) is 6. The maximum Gasteiger partial charge on any atom is 0.338 e. The third-order valence-corrected chi connectivity index (χ3v) is 14.0. The highest BCUT2D eigenvalue weighted by molar-refractivity contribution is 6.28. The lowest BCUT2D eigenvalue weighted by atomic mass is 10.2. The Hall–Kier alpha value is -13.8. The van der Waals surface area contributed by atoms with Gasteiger partial charge >= 0.3 is 17.9 Å². The predicted molar refractivity (Wildman–Crippen MR) is 405 cm³/mol. The van der Waals surface area contributed by atoms with Crippen molar-refractivity contribution in [1.29, 1.82) is 0 Å². The molecule has 0 saturated carbocycles. The molecule has 0 spiro atoms. The number of nitro benzene ring substituents is 1. The molecule has 4 heterocycles. The number of imide groups is 3. The van der Waals surface area contributed by atoms with E-state index < -0.39 is 40.7 Å². The topological polar surface area (TPSA) is 393 Å². The number of rotatable bonds is 20. The molecule has 566 valence electrons. The summed E-state index contributed by atoms with van der Waals surface area (Å²) >= 11 is 0. The monoisotopic (exact) mass is 1480 g/mol. The molecule has 1 unspecified atom stereocenters. The van der Waals surface area contributed by atoms with Crippen molar-refractivity contribution in [2.45, 2.75) is 67.3 Å². The number of anilines is 7. The van der Waals surface area contributed by atoms with Crippen LogP contribution in [0.3, 0.4) is 0 Å². The normalized spacial score (nSPS) is 13.3. The molecule has 2 saturated heterocycles. The van der Waals surface area contributed by atoms with Gasteiger partial charge in [0.15, 0.2) is 0 Å². The van der Waals surface area contributed by atoms with Crippen LogP contribution in [0.25, 0.3) is 0 Å². The zero-order valence-corrected chi connectivity index (χ0v) is 58.9. The molecule has 7 N–H and O–H groups in total. The summed E-state index contributed by atoms with van der Waals surface area (Å²) in [5.41, 5.74) is 11.6. The van der Waals surface area contributed by atoms with Crippen LogP contribution in [0.2, 0.25) is 0 Å². The highest BCUT2D eigenvalue weighted by Crippen LogP contribution is 2.36. The van der Waals surface area contributed by atoms with Crippen LogP contribution in [-0.4, -0.2) is 119 Å². The van der Waals surface area contributed by atoms with Crippen LogP contribution in [0.1, 0.15) is 61.3 Å². The first-order valence-electron chi connectivity index (χ1n) is 33.1. The molecule has 0 bridgehead atoms. The largest absolute Gasteiger partial charge is 0.492 e. The lowest BCUT2D eigenvalue weighted by molar-refractivity contribution is -0.384. The molecular weight excluding hydrogens is 1400 g/mol. The number of nitrogen functional groups attached to an aromatic ring is 1. The van der Waals surface area contributed by atoms with Crippen LogP contribution in [0, 0.1) is 10.1 Å². The molecule has 4 aliphatic rings. The van der Waals surface area contributed by atoms with E-state index in [-0.39, 0.29) is 49.1 Å². The number of esters is 2. The number of aliphatic carboxylic acids is 1. The number of hydroxylamine groups is 1. The summed E-state index contributed by atoms with van der Waals surface area (Å²) in [6.45, 7) is 11.9. The van der Waals surface area contributed by atoms with Crippen molar-refractivity contribution in [3.63, 3.8) is 0 Å². The predicted octanol–water partition coefficient (Wildman–Crippen LogP) is 12.5. The van der Waals surface area contributed by atoms with E-state index in [0.29, 0.717) is 109 Å². The maximum atomic E-state index is 12.7. The van der Waals surface area contributed by atoms with E-state index in [9.17, 15) is 63.3 Å². The highest BCUT2D eigenvalue weighted by atomic mass is 16.6. The number of carbonyl (C=O) groups excluding carboxylic acids is 9. The summed E-state index contributed by atoms with van der Waals surface area (Å²) in [5, 5.41) is 40.4. The van der Waals surface area contributed by atoms with Crippen molar-refractivity contribution in [1.82, 2.24) is 0 Å². The lowest BCUT2D eigenvalue weighted by Crippen LogP contribution is -2.40. The number of cyclic esters (lactones) is 2. The van der Waals surface area contributed by atoms with Crippen LogP contribution in [0.15, 0.2) is 249 Å². The zero-order chi connectivity index (χ0) is 78.0. The average molecular weight is 1480 g/mol. The zero-order valence-electron chi connectivity index (χ0n) is 58.9. The van der Waals surface area contributed by atoms with Crippen molar-refractivity contribution < 1.29 is 96.8 Å². The van der Waals surface area contributed by atoms with Gasteiger partial charge in [0, 0.05) is 61.4 Å². The van der Waals surface area contributed by atoms with Gasteiger partial charge in [0.1, 0.15) is 34.8 Å². The van der Waals surface area contributed by atoms with Gasteiger partial charge < -0.3 is 44.6 Å². The van der Waals surface area contributed by atoms with Gasteiger partial charge in [-0.25, -0.2) is 34.1 Å². The molecule has 12 rings (SSSR count). The maximum absolute atomic E-state index is 12.7. The summed E-state index contributed by atoms with van der Waals surface area (Å²) in [5.74, 6) is -1.77. The second kappa shape index (κ2) is 46.7. The number of hydrogen-bond acceptors (Lipinski definition) is 23. The first-order chi connectivity index (χ1) is 51.6. The van der Waals surface area contributed by atoms with Gasteiger partial charge in [-0.15, -0.1) is 0 Å². The van der Waals surface area contributed by atoms with Gasteiger partial charge in [-0.05, 0) is 120 Å². The number of nitrogens with one attached hydrogen (secondary N) is 2. The fourth-order valence-electron chi connectivity index (χ4n) is 9.37.